The molecule has 0 saturated carbocycles. The Balaban J connectivity index is 1.74. The Hall–Kier alpha value is -3.41. The van der Waals surface area contributed by atoms with E-state index in [1.807, 2.05) is 0 Å². The number of nitrogens with one attached hydrogen (secondary N) is 1. The smallest absolute Gasteiger partial charge is 0.526 e. The number of imide groups is 1. The van der Waals surface area contributed by atoms with Crippen molar-refractivity contribution in [1.29, 1.82) is 0 Å². The summed E-state index contributed by atoms with van der Waals surface area (Å²) in [5.41, 5.74) is -0.254. The monoisotopic (exact) mass is 487 g/mol. The largest absolute Gasteiger partial charge is 0.535 e. The summed E-state index contributed by atoms with van der Waals surface area (Å²) in [5, 5.41) is 22.5. The third kappa shape index (κ3) is 5.48. The van der Waals surface area contributed by atoms with Crippen LogP contribution in [0.4, 0.5) is 4.79 Å². The van der Waals surface area contributed by atoms with Gasteiger partial charge in [0.25, 0.3) is 0 Å². The fourth-order valence-corrected chi connectivity index (χ4v) is 4.35. The zero-order valence-electron chi connectivity index (χ0n) is 20.2. The summed E-state index contributed by atoms with van der Waals surface area (Å²) < 4.78 is 5.47. The van der Waals surface area contributed by atoms with E-state index in [0.717, 1.165) is 4.90 Å². The lowest BCUT2D eigenvalue weighted by Gasteiger charge is -2.36. The van der Waals surface area contributed by atoms with Gasteiger partial charge in [-0.25, -0.2) is 9.59 Å². The molecule has 0 radical (unpaired) electrons. The van der Waals surface area contributed by atoms with Crippen molar-refractivity contribution < 1.29 is 38.8 Å². The lowest BCUT2D eigenvalue weighted by Crippen LogP contribution is -2.61. The predicted molar refractivity (Wildman–Crippen MR) is 125 cm³/mol. The predicted octanol–water partition coefficient (Wildman–Crippen LogP) is 0.945. The maximum absolute atomic E-state index is 13.3. The van der Waals surface area contributed by atoms with Crippen molar-refractivity contribution in [2.24, 2.45) is 5.41 Å². The molecule has 2 heterocycles. The third-order valence-corrected chi connectivity index (χ3v) is 6.31. The molecular weight excluding hydrogens is 457 g/mol. The molecule has 1 aromatic carbocycles. The zero-order chi connectivity index (χ0) is 26.1. The number of rotatable bonds is 6. The molecule has 0 bridgehead atoms. The molecule has 3 rings (SSSR count). The molecule has 2 aliphatic heterocycles. The molecule has 11 nitrogen and oxygen atoms in total. The van der Waals surface area contributed by atoms with E-state index >= 15 is 0 Å². The number of urea groups is 1. The number of carbonyl (C=O) groups is 5. The lowest BCUT2D eigenvalue weighted by atomic mass is 9.63. The Kier molecular flexibility index (Phi) is 7.54. The molecule has 2 aliphatic rings. The number of carbonyl (C=O) groups excluding carboxylic acids is 4. The molecule has 0 spiro atoms. The summed E-state index contributed by atoms with van der Waals surface area (Å²) in [7, 11) is -1.41. The van der Waals surface area contributed by atoms with Crippen molar-refractivity contribution in [2.45, 2.75) is 52.4 Å². The normalized spacial score (nSPS) is 19.1. The van der Waals surface area contributed by atoms with Crippen LogP contribution >= 0.6 is 0 Å². The first-order valence-electron chi connectivity index (χ1n) is 11.5. The number of hydrogen-bond donors (Lipinski definition) is 3. The lowest BCUT2D eigenvalue weighted by molar-refractivity contribution is -0.153. The summed E-state index contributed by atoms with van der Waals surface area (Å²) in [6.45, 7) is 7.57. The molecule has 3 N–H and O–H groups in total. The van der Waals surface area contributed by atoms with Crippen LogP contribution in [0.25, 0.3) is 0 Å². The number of Topliss-reactive ketones (excluding diaryl/α,β-unsaturated/α-hetero) is 1. The summed E-state index contributed by atoms with van der Waals surface area (Å²) in [4.78, 5) is 64.3. The molecule has 1 saturated heterocycles. The SMILES string of the molecule is CCN1CCN(C(=O)N[C@@H](C(=O)C[C@H]2Cc3cccc(C(=O)O)c3OB2O)C(C)(C)C)C(=O)C1=O. The quantitative estimate of drug-likeness (QED) is 0.396. The highest BCUT2D eigenvalue weighted by molar-refractivity contribution is 6.47. The fourth-order valence-electron chi connectivity index (χ4n) is 4.35. The van der Waals surface area contributed by atoms with Crippen molar-refractivity contribution in [3.63, 3.8) is 0 Å². The van der Waals surface area contributed by atoms with E-state index in [-0.39, 0.29) is 43.0 Å². The number of piperazine rings is 1. The van der Waals surface area contributed by atoms with E-state index in [4.69, 9.17) is 4.65 Å². The van der Waals surface area contributed by atoms with Crippen LogP contribution in [0.1, 0.15) is 50.0 Å². The molecule has 188 valence electrons. The van der Waals surface area contributed by atoms with Crippen molar-refractivity contribution in [2.75, 3.05) is 19.6 Å². The number of ketones is 1. The van der Waals surface area contributed by atoms with Crippen molar-refractivity contribution >= 4 is 36.7 Å². The minimum absolute atomic E-state index is 0.0210. The van der Waals surface area contributed by atoms with Crippen LogP contribution in [0.3, 0.4) is 0 Å². The Morgan fingerprint density at radius 3 is 2.49 bits per heavy atom. The molecule has 35 heavy (non-hydrogen) atoms. The van der Waals surface area contributed by atoms with Gasteiger partial charge in [0.1, 0.15) is 5.75 Å². The van der Waals surface area contributed by atoms with Gasteiger partial charge in [0, 0.05) is 31.9 Å². The van der Waals surface area contributed by atoms with Gasteiger partial charge in [-0.05, 0) is 30.4 Å². The van der Waals surface area contributed by atoms with E-state index < -0.39 is 48.2 Å². The molecule has 0 aromatic heterocycles. The average molecular weight is 487 g/mol. The van der Waals surface area contributed by atoms with Gasteiger partial charge in [-0.15, -0.1) is 0 Å². The van der Waals surface area contributed by atoms with Crippen LogP contribution in [0, 0.1) is 5.41 Å². The number of para-hydroxylation sites is 1. The molecule has 4 amide bonds. The molecule has 0 unspecified atom stereocenters. The van der Waals surface area contributed by atoms with Crippen LogP contribution in [-0.4, -0.2) is 82.3 Å². The van der Waals surface area contributed by atoms with Crippen LogP contribution < -0.4 is 9.97 Å². The highest BCUT2D eigenvalue weighted by atomic mass is 16.5. The number of carboxylic acids is 1. The second-order valence-electron chi connectivity index (χ2n) is 9.83. The van der Waals surface area contributed by atoms with Crippen LogP contribution in [0.5, 0.6) is 5.75 Å². The van der Waals surface area contributed by atoms with Gasteiger partial charge in [-0.2, -0.15) is 0 Å². The van der Waals surface area contributed by atoms with Crippen molar-refractivity contribution in [3.8, 4) is 5.75 Å². The number of aromatic carboxylic acids is 1. The number of likely N-dealkylation sites (N-methyl/N-ethyl adjacent to an activating group) is 1. The topological polar surface area (TPSA) is 154 Å². The summed E-state index contributed by atoms with van der Waals surface area (Å²) in [6, 6.07) is 2.77. The Labute approximate surface area is 203 Å². The first kappa shape index (κ1) is 26.2. The summed E-state index contributed by atoms with van der Waals surface area (Å²) >= 11 is 0. The standard InChI is InChI=1S/C23H30BN3O8/c1-5-26-9-10-27(20(30)19(26)29)22(33)25-18(23(2,3)4)16(28)12-14-11-13-7-6-8-15(21(31)32)17(13)35-24(14)34/h6-8,14,18,34H,5,9-12H2,1-4H3,(H,25,33)(H,31,32)/t14-,18+/m1/s1. The zero-order valence-corrected chi connectivity index (χ0v) is 20.2. The van der Waals surface area contributed by atoms with Gasteiger partial charge in [-0.1, -0.05) is 32.9 Å². The van der Waals surface area contributed by atoms with Gasteiger partial charge in [0.15, 0.2) is 5.78 Å². The average Bonchev–Trinajstić information content (AvgIpc) is 2.78. The molecular formula is C23H30BN3O8. The number of carboxylic acid groups (broad SMARTS) is 1. The first-order valence-corrected chi connectivity index (χ1v) is 11.5. The highest BCUT2D eigenvalue weighted by Gasteiger charge is 2.43. The maximum atomic E-state index is 13.3. The summed E-state index contributed by atoms with van der Waals surface area (Å²) in [5.74, 6) is -3.88. The highest BCUT2D eigenvalue weighted by Crippen LogP contribution is 2.37. The van der Waals surface area contributed by atoms with Crippen molar-refractivity contribution in [1.82, 2.24) is 15.1 Å². The minimum atomic E-state index is -1.41. The van der Waals surface area contributed by atoms with E-state index in [2.05, 4.69) is 5.32 Å². The Morgan fingerprint density at radius 1 is 1.20 bits per heavy atom. The van der Waals surface area contributed by atoms with Crippen molar-refractivity contribution in [3.05, 3.63) is 29.3 Å². The number of benzene rings is 1. The molecule has 1 fully saturated rings. The second-order valence-corrected chi connectivity index (χ2v) is 9.83. The molecule has 12 heteroatoms. The van der Waals surface area contributed by atoms with Gasteiger partial charge in [-0.3, -0.25) is 19.3 Å². The molecule has 2 atom stereocenters. The number of fused-ring (bicyclic) bond motifs is 1. The van der Waals surface area contributed by atoms with E-state index in [1.165, 1.54) is 11.0 Å². The molecule has 0 aliphatic carbocycles. The number of nitrogens with zero attached hydrogens (tertiary/aromatic N) is 2. The fraction of sp³-hybridized carbons (Fsp3) is 0.522. The number of hydrogen-bond acceptors (Lipinski definition) is 7. The number of amides is 4. The van der Waals surface area contributed by atoms with E-state index in [0.29, 0.717) is 12.1 Å². The van der Waals surface area contributed by atoms with Gasteiger partial charge >= 0.3 is 30.9 Å². The minimum Gasteiger partial charge on any atom is -0.535 e. The van der Waals surface area contributed by atoms with Crippen LogP contribution in [-0.2, 0) is 20.8 Å². The van der Waals surface area contributed by atoms with Gasteiger partial charge < -0.3 is 25.0 Å². The Morgan fingerprint density at radius 2 is 1.89 bits per heavy atom. The van der Waals surface area contributed by atoms with E-state index in [1.54, 1.807) is 39.8 Å². The van der Waals surface area contributed by atoms with Gasteiger partial charge in [0.2, 0.25) is 0 Å². The summed E-state index contributed by atoms with van der Waals surface area (Å²) in [6.07, 6.45) is 0.0523. The van der Waals surface area contributed by atoms with Crippen LogP contribution in [0.2, 0.25) is 5.82 Å². The van der Waals surface area contributed by atoms with Crippen LogP contribution in [0.15, 0.2) is 18.2 Å². The van der Waals surface area contributed by atoms with E-state index in [9.17, 15) is 34.1 Å². The molecule has 1 aromatic rings. The second kappa shape index (κ2) is 10.1. The van der Waals surface area contributed by atoms with Gasteiger partial charge in [0.05, 0.1) is 11.6 Å². The Bertz CT molecular complexity index is 1050. The maximum Gasteiger partial charge on any atom is 0.526 e. The third-order valence-electron chi connectivity index (χ3n) is 6.31. The first-order chi connectivity index (χ1) is 16.3.